The largest absolute Gasteiger partial charge is 0.348 e. The normalized spacial score (nSPS) is 12.3. The van der Waals surface area contributed by atoms with E-state index >= 15 is 0 Å². The summed E-state index contributed by atoms with van der Waals surface area (Å²) in [4.78, 5) is 13.1. The Morgan fingerprint density at radius 2 is 1.42 bits per heavy atom. The van der Waals surface area contributed by atoms with Crippen molar-refractivity contribution >= 4 is 21.6 Å². The lowest BCUT2D eigenvalue weighted by molar-refractivity contribution is -0.120. The molecule has 5 nitrogen and oxygen atoms in total. The van der Waals surface area contributed by atoms with Crippen LogP contribution in [0, 0.1) is 20.8 Å². The van der Waals surface area contributed by atoms with E-state index in [9.17, 15) is 13.2 Å². The molecule has 0 saturated carbocycles. The van der Waals surface area contributed by atoms with E-state index in [1.807, 2.05) is 26.8 Å². The van der Waals surface area contributed by atoms with Crippen LogP contribution in [-0.4, -0.2) is 20.9 Å². The van der Waals surface area contributed by atoms with Gasteiger partial charge in [0.25, 0.3) is 10.0 Å². The number of aryl methyl sites for hydroxylation is 3. The minimum atomic E-state index is -3.90. The lowest BCUT2D eigenvalue weighted by atomic mass is 9.96. The van der Waals surface area contributed by atoms with Gasteiger partial charge >= 0.3 is 0 Å². The molecule has 0 aliphatic carbocycles. The maximum atomic E-state index is 13.3. The summed E-state index contributed by atoms with van der Waals surface area (Å²) >= 11 is 0. The molecule has 3 rings (SSSR count). The van der Waals surface area contributed by atoms with Crippen LogP contribution in [0.3, 0.4) is 0 Å². The summed E-state index contributed by atoms with van der Waals surface area (Å²) in [5.74, 6) is -0.367. The molecule has 3 aromatic carbocycles. The summed E-state index contributed by atoms with van der Waals surface area (Å²) in [6.07, 6.45) is 0. The molecule has 0 saturated heterocycles. The van der Waals surface area contributed by atoms with Crippen LogP contribution < -0.4 is 9.62 Å². The molecule has 0 bridgehead atoms. The van der Waals surface area contributed by atoms with E-state index in [1.165, 1.54) is 17.7 Å². The van der Waals surface area contributed by atoms with Crippen molar-refractivity contribution in [2.24, 2.45) is 0 Å². The predicted molar refractivity (Wildman–Crippen MR) is 125 cm³/mol. The first-order chi connectivity index (χ1) is 14.7. The molecular formula is C25H28N2O3S. The molecule has 0 radical (unpaired) electrons. The van der Waals surface area contributed by atoms with E-state index < -0.39 is 10.0 Å². The molecule has 3 aromatic rings. The van der Waals surface area contributed by atoms with Gasteiger partial charge in [-0.25, -0.2) is 8.42 Å². The fourth-order valence-electron chi connectivity index (χ4n) is 3.57. The summed E-state index contributed by atoms with van der Waals surface area (Å²) in [6, 6.07) is 20.8. The lowest BCUT2D eigenvalue weighted by Gasteiger charge is -2.25. The fourth-order valence-corrected chi connectivity index (χ4v) is 5.02. The van der Waals surface area contributed by atoms with Crippen molar-refractivity contribution in [1.29, 1.82) is 0 Å². The van der Waals surface area contributed by atoms with Crippen LogP contribution in [-0.2, 0) is 14.8 Å². The molecule has 31 heavy (non-hydrogen) atoms. The van der Waals surface area contributed by atoms with Crippen molar-refractivity contribution in [2.45, 2.75) is 38.6 Å². The maximum Gasteiger partial charge on any atom is 0.264 e. The van der Waals surface area contributed by atoms with Crippen LogP contribution in [0.15, 0.2) is 77.7 Å². The third-order valence-electron chi connectivity index (χ3n) is 5.39. The summed E-state index contributed by atoms with van der Waals surface area (Å²) in [5.41, 5.74) is 4.90. The van der Waals surface area contributed by atoms with Crippen molar-refractivity contribution in [3.8, 4) is 0 Å². The molecule has 0 spiro atoms. The number of carbonyl (C=O) groups is 1. The number of anilines is 1. The molecule has 0 heterocycles. The van der Waals surface area contributed by atoms with E-state index in [0.717, 1.165) is 21.0 Å². The Morgan fingerprint density at radius 1 is 0.871 bits per heavy atom. The second-order valence-electron chi connectivity index (χ2n) is 7.74. The van der Waals surface area contributed by atoms with Gasteiger partial charge in [-0.15, -0.1) is 0 Å². The molecule has 0 fully saturated rings. The zero-order valence-electron chi connectivity index (χ0n) is 18.3. The maximum absolute atomic E-state index is 13.3. The summed E-state index contributed by atoms with van der Waals surface area (Å²) in [7, 11) is -3.90. The summed E-state index contributed by atoms with van der Waals surface area (Å²) < 4.78 is 27.8. The Balaban J connectivity index is 1.87. The van der Waals surface area contributed by atoms with Crippen LogP contribution in [0.5, 0.6) is 0 Å². The van der Waals surface area contributed by atoms with Crippen LogP contribution in [0.1, 0.15) is 35.2 Å². The first-order valence-electron chi connectivity index (χ1n) is 10.2. The molecule has 0 unspecified atom stereocenters. The molecule has 0 aliphatic rings. The number of hydrogen-bond donors (Lipinski definition) is 1. The number of nitrogens with zero attached hydrogens (tertiary/aromatic N) is 1. The molecular weight excluding hydrogens is 408 g/mol. The van der Waals surface area contributed by atoms with Gasteiger partial charge < -0.3 is 5.32 Å². The summed E-state index contributed by atoms with van der Waals surface area (Å²) in [5, 5.41) is 2.96. The average molecular weight is 437 g/mol. The van der Waals surface area contributed by atoms with E-state index in [2.05, 4.69) is 24.4 Å². The number of nitrogens with one attached hydrogen (secondary N) is 1. The third-order valence-corrected chi connectivity index (χ3v) is 7.18. The topological polar surface area (TPSA) is 66.5 Å². The lowest BCUT2D eigenvalue weighted by Crippen LogP contribution is -2.41. The van der Waals surface area contributed by atoms with Crippen molar-refractivity contribution in [3.05, 3.63) is 95.1 Å². The Hall–Kier alpha value is -3.12. The van der Waals surface area contributed by atoms with E-state index in [4.69, 9.17) is 0 Å². The predicted octanol–water partition coefficient (Wildman–Crippen LogP) is 4.68. The highest BCUT2D eigenvalue weighted by Gasteiger charge is 2.27. The van der Waals surface area contributed by atoms with E-state index in [-0.39, 0.29) is 23.4 Å². The smallest absolute Gasteiger partial charge is 0.264 e. The highest BCUT2D eigenvalue weighted by molar-refractivity contribution is 7.92. The number of benzene rings is 3. The second-order valence-corrected chi connectivity index (χ2v) is 9.60. The Morgan fingerprint density at radius 3 is 2.03 bits per heavy atom. The molecule has 162 valence electrons. The molecule has 1 N–H and O–H groups in total. The van der Waals surface area contributed by atoms with Crippen LogP contribution in [0.25, 0.3) is 0 Å². The highest BCUT2D eigenvalue weighted by Crippen LogP contribution is 2.24. The average Bonchev–Trinajstić information content (AvgIpc) is 2.75. The Kier molecular flexibility index (Phi) is 6.81. The molecule has 6 heteroatoms. The van der Waals surface area contributed by atoms with Gasteiger partial charge in [0.1, 0.15) is 6.54 Å². The van der Waals surface area contributed by atoms with Crippen LogP contribution in [0.4, 0.5) is 5.69 Å². The first-order valence-corrected chi connectivity index (χ1v) is 11.6. The van der Waals surface area contributed by atoms with E-state index in [1.54, 1.807) is 42.5 Å². The molecule has 0 aliphatic heterocycles. The van der Waals surface area contributed by atoms with Gasteiger partial charge in [0, 0.05) is 0 Å². The minimum absolute atomic E-state index is 0.143. The monoisotopic (exact) mass is 436 g/mol. The van der Waals surface area contributed by atoms with Gasteiger partial charge in [0.15, 0.2) is 0 Å². The van der Waals surface area contributed by atoms with Gasteiger partial charge in [0.2, 0.25) is 5.91 Å². The van der Waals surface area contributed by atoms with Crippen molar-refractivity contribution in [3.63, 3.8) is 0 Å². The number of para-hydroxylation sites is 1. The van der Waals surface area contributed by atoms with Crippen LogP contribution >= 0.6 is 0 Å². The minimum Gasteiger partial charge on any atom is -0.348 e. The van der Waals surface area contributed by atoms with Crippen molar-refractivity contribution in [2.75, 3.05) is 10.8 Å². The number of amides is 1. The van der Waals surface area contributed by atoms with Gasteiger partial charge in [-0.05, 0) is 74.2 Å². The number of rotatable bonds is 7. The third kappa shape index (κ3) is 5.14. The molecule has 1 amide bonds. The first kappa shape index (κ1) is 22.6. The van der Waals surface area contributed by atoms with Gasteiger partial charge in [-0.1, -0.05) is 48.5 Å². The van der Waals surface area contributed by atoms with Crippen molar-refractivity contribution in [1.82, 2.24) is 5.32 Å². The molecule has 1 atom stereocenters. The fraction of sp³-hybridized carbons (Fsp3) is 0.240. The number of carbonyl (C=O) groups excluding carboxylic acids is 1. The van der Waals surface area contributed by atoms with Gasteiger partial charge in [-0.2, -0.15) is 0 Å². The molecule has 0 aromatic heterocycles. The highest BCUT2D eigenvalue weighted by atomic mass is 32.2. The zero-order chi connectivity index (χ0) is 22.6. The number of sulfonamides is 1. The van der Waals surface area contributed by atoms with Gasteiger partial charge in [0.05, 0.1) is 16.6 Å². The quantitative estimate of drug-likeness (QED) is 0.585. The summed E-state index contributed by atoms with van der Waals surface area (Å²) in [6.45, 7) is 7.71. The Labute approximate surface area is 184 Å². The standard InChI is InChI=1S/C25H28N2O3S/c1-18-15-20(3)24(16-19(18)2)21(4)26-25(28)17-27(22-11-7-5-8-12-22)31(29,30)23-13-9-6-10-14-23/h5-16,21H,17H2,1-4H3,(H,26,28)/t21-/m1/s1. The SMILES string of the molecule is Cc1cc(C)c([C@@H](C)NC(=O)CN(c2ccccc2)S(=O)(=O)c2ccccc2)cc1C. The van der Waals surface area contributed by atoms with E-state index in [0.29, 0.717) is 5.69 Å². The Bertz CT molecular complexity index is 1160. The van der Waals surface area contributed by atoms with Gasteiger partial charge in [-0.3, -0.25) is 9.10 Å². The van der Waals surface area contributed by atoms with Crippen LogP contribution in [0.2, 0.25) is 0 Å². The number of hydrogen-bond acceptors (Lipinski definition) is 3. The van der Waals surface area contributed by atoms with Crippen molar-refractivity contribution < 1.29 is 13.2 Å². The zero-order valence-corrected chi connectivity index (χ0v) is 19.1. The second kappa shape index (κ2) is 9.35.